The predicted octanol–water partition coefficient (Wildman–Crippen LogP) is 3.86. The average molecular weight is 309 g/mol. The molecule has 0 bridgehead atoms. The topological polar surface area (TPSA) is 32.3 Å². The van der Waals surface area contributed by atoms with Gasteiger partial charge < -0.3 is 10.2 Å². The lowest BCUT2D eigenvalue weighted by Gasteiger charge is -2.15. The van der Waals surface area contributed by atoms with E-state index in [9.17, 15) is 4.79 Å². The van der Waals surface area contributed by atoms with Crippen LogP contribution in [0.3, 0.4) is 0 Å². The molecule has 0 aliphatic carbocycles. The number of nitrogens with zero attached hydrogens (tertiary/aromatic N) is 1. The zero-order valence-electron chi connectivity index (χ0n) is 11.3. The van der Waals surface area contributed by atoms with Gasteiger partial charge in [-0.05, 0) is 31.3 Å². The van der Waals surface area contributed by atoms with Crippen LogP contribution in [0.1, 0.15) is 11.3 Å². The standard InChI is InChI=1S/C15H17ClN2OS/c1-18(11-13-7-8-14(16)20-13)10-9-15(19)17-12-5-3-2-4-6-12/h2-8H,9-11H2,1H3,(H,17,19). The molecule has 1 N–H and O–H groups in total. The average Bonchev–Trinajstić information content (AvgIpc) is 2.83. The van der Waals surface area contributed by atoms with E-state index in [0.29, 0.717) is 13.0 Å². The van der Waals surface area contributed by atoms with E-state index in [1.807, 2.05) is 49.5 Å². The van der Waals surface area contributed by atoms with Crippen LogP contribution >= 0.6 is 22.9 Å². The maximum atomic E-state index is 11.8. The highest BCUT2D eigenvalue weighted by Crippen LogP contribution is 2.22. The van der Waals surface area contributed by atoms with Crippen molar-refractivity contribution < 1.29 is 4.79 Å². The number of para-hydroxylation sites is 1. The molecule has 0 radical (unpaired) electrons. The molecule has 1 aromatic carbocycles. The summed E-state index contributed by atoms with van der Waals surface area (Å²) in [7, 11) is 2.00. The molecule has 0 fully saturated rings. The molecule has 0 atom stereocenters. The monoisotopic (exact) mass is 308 g/mol. The van der Waals surface area contributed by atoms with Gasteiger partial charge in [-0.25, -0.2) is 0 Å². The first-order valence-electron chi connectivity index (χ1n) is 6.41. The molecule has 20 heavy (non-hydrogen) atoms. The van der Waals surface area contributed by atoms with Crippen LogP contribution in [0.5, 0.6) is 0 Å². The molecule has 0 aliphatic heterocycles. The zero-order chi connectivity index (χ0) is 14.4. The van der Waals surface area contributed by atoms with Gasteiger partial charge in [0.1, 0.15) is 0 Å². The molecule has 0 saturated carbocycles. The van der Waals surface area contributed by atoms with Crippen molar-refractivity contribution >= 4 is 34.5 Å². The third-order valence-corrected chi connectivity index (χ3v) is 4.05. The summed E-state index contributed by atoms with van der Waals surface area (Å²) in [6.07, 6.45) is 0.477. The normalized spacial score (nSPS) is 10.8. The number of benzene rings is 1. The first-order chi connectivity index (χ1) is 9.63. The van der Waals surface area contributed by atoms with E-state index in [1.54, 1.807) is 11.3 Å². The van der Waals surface area contributed by atoms with Gasteiger partial charge in [-0.3, -0.25) is 4.79 Å². The SMILES string of the molecule is CN(CCC(=O)Nc1ccccc1)Cc1ccc(Cl)s1. The minimum absolute atomic E-state index is 0.0345. The Hall–Kier alpha value is -1.36. The Morgan fingerprint density at radius 2 is 2.00 bits per heavy atom. The largest absolute Gasteiger partial charge is 0.326 e. The minimum Gasteiger partial charge on any atom is -0.326 e. The van der Waals surface area contributed by atoms with Crippen molar-refractivity contribution in [3.8, 4) is 0 Å². The van der Waals surface area contributed by atoms with Crippen LogP contribution < -0.4 is 5.32 Å². The summed E-state index contributed by atoms with van der Waals surface area (Å²) in [6.45, 7) is 1.53. The van der Waals surface area contributed by atoms with Gasteiger partial charge in [0, 0.05) is 30.1 Å². The number of carbonyl (C=O) groups excluding carboxylic acids is 1. The van der Waals surface area contributed by atoms with Crippen molar-refractivity contribution in [1.82, 2.24) is 4.90 Å². The Labute approximate surface area is 128 Å². The highest BCUT2D eigenvalue weighted by atomic mass is 35.5. The van der Waals surface area contributed by atoms with Gasteiger partial charge in [0.25, 0.3) is 0 Å². The van der Waals surface area contributed by atoms with Gasteiger partial charge >= 0.3 is 0 Å². The van der Waals surface area contributed by atoms with E-state index in [2.05, 4.69) is 10.2 Å². The van der Waals surface area contributed by atoms with E-state index < -0.39 is 0 Å². The van der Waals surface area contributed by atoms with Crippen LogP contribution in [-0.4, -0.2) is 24.4 Å². The first-order valence-corrected chi connectivity index (χ1v) is 7.60. The van der Waals surface area contributed by atoms with Crippen molar-refractivity contribution in [3.63, 3.8) is 0 Å². The summed E-state index contributed by atoms with van der Waals surface area (Å²) >= 11 is 7.47. The Morgan fingerprint density at radius 3 is 2.65 bits per heavy atom. The molecule has 1 aromatic heterocycles. The molecule has 106 valence electrons. The van der Waals surface area contributed by atoms with E-state index in [0.717, 1.165) is 16.6 Å². The van der Waals surface area contributed by atoms with E-state index in [-0.39, 0.29) is 5.91 Å². The number of nitrogens with one attached hydrogen (secondary N) is 1. The quantitative estimate of drug-likeness (QED) is 0.879. The van der Waals surface area contributed by atoms with Crippen molar-refractivity contribution in [1.29, 1.82) is 0 Å². The number of halogens is 1. The van der Waals surface area contributed by atoms with Crippen LogP contribution in [0.4, 0.5) is 5.69 Å². The van der Waals surface area contributed by atoms with Gasteiger partial charge in [0.15, 0.2) is 0 Å². The maximum Gasteiger partial charge on any atom is 0.225 e. The van der Waals surface area contributed by atoms with Crippen molar-refractivity contribution in [3.05, 3.63) is 51.7 Å². The number of hydrogen-bond acceptors (Lipinski definition) is 3. The van der Waals surface area contributed by atoms with Gasteiger partial charge in [-0.2, -0.15) is 0 Å². The molecule has 0 aliphatic rings. The van der Waals surface area contributed by atoms with E-state index >= 15 is 0 Å². The smallest absolute Gasteiger partial charge is 0.225 e. The fraction of sp³-hybridized carbons (Fsp3) is 0.267. The lowest BCUT2D eigenvalue weighted by Crippen LogP contribution is -2.23. The summed E-state index contributed by atoms with van der Waals surface area (Å²) in [6, 6.07) is 13.4. The third-order valence-electron chi connectivity index (χ3n) is 2.83. The fourth-order valence-corrected chi connectivity index (χ4v) is 2.99. The summed E-state index contributed by atoms with van der Waals surface area (Å²) in [4.78, 5) is 15.1. The second kappa shape index (κ2) is 7.43. The number of carbonyl (C=O) groups is 1. The van der Waals surface area contributed by atoms with Crippen LogP contribution in [0.25, 0.3) is 0 Å². The molecule has 3 nitrogen and oxygen atoms in total. The molecule has 2 aromatic rings. The molecule has 1 amide bonds. The highest BCUT2D eigenvalue weighted by Gasteiger charge is 2.07. The summed E-state index contributed by atoms with van der Waals surface area (Å²) in [5.74, 6) is 0.0345. The summed E-state index contributed by atoms with van der Waals surface area (Å²) in [5, 5.41) is 2.88. The molecule has 1 heterocycles. The number of amides is 1. The summed E-state index contributed by atoms with van der Waals surface area (Å²) < 4.78 is 0.801. The van der Waals surface area contributed by atoms with E-state index in [1.165, 1.54) is 4.88 Å². The van der Waals surface area contributed by atoms with E-state index in [4.69, 9.17) is 11.6 Å². The second-order valence-electron chi connectivity index (χ2n) is 4.61. The Kier molecular flexibility index (Phi) is 5.59. The minimum atomic E-state index is 0.0345. The van der Waals surface area contributed by atoms with Crippen molar-refractivity contribution in [2.24, 2.45) is 0 Å². The lowest BCUT2D eigenvalue weighted by molar-refractivity contribution is -0.116. The van der Waals surface area contributed by atoms with Gasteiger partial charge in [0.2, 0.25) is 5.91 Å². The Balaban J connectivity index is 1.73. The molecule has 0 saturated heterocycles. The molecular formula is C15H17ClN2OS. The van der Waals surface area contributed by atoms with Crippen LogP contribution in [0, 0.1) is 0 Å². The van der Waals surface area contributed by atoms with Gasteiger partial charge in [-0.1, -0.05) is 29.8 Å². The van der Waals surface area contributed by atoms with Crippen LogP contribution in [0.15, 0.2) is 42.5 Å². The molecular weight excluding hydrogens is 292 g/mol. The Bertz CT molecular complexity index is 556. The van der Waals surface area contributed by atoms with Crippen molar-refractivity contribution in [2.75, 3.05) is 18.9 Å². The maximum absolute atomic E-state index is 11.8. The Morgan fingerprint density at radius 1 is 1.25 bits per heavy atom. The fourth-order valence-electron chi connectivity index (χ4n) is 1.82. The van der Waals surface area contributed by atoms with Crippen LogP contribution in [0.2, 0.25) is 4.34 Å². The van der Waals surface area contributed by atoms with Gasteiger partial charge in [-0.15, -0.1) is 11.3 Å². The zero-order valence-corrected chi connectivity index (χ0v) is 12.9. The number of rotatable bonds is 6. The molecule has 5 heteroatoms. The second-order valence-corrected chi connectivity index (χ2v) is 6.41. The number of hydrogen-bond donors (Lipinski definition) is 1. The van der Waals surface area contributed by atoms with Crippen LogP contribution in [-0.2, 0) is 11.3 Å². The number of anilines is 1. The van der Waals surface area contributed by atoms with Gasteiger partial charge in [0.05, 0.1) is 4.34 Å². The molecule has 0 unspecified atom stereocenters. The molecule has 2 rings (SSSR count). The lowest BCUT2D eigenvalue weighted by atomic mass is 10.3. The molecule has 0 spiro atoms. The highest BCUT2D eigenvalue weighted by molar-refractivity contribution is 7.16. The summed E-state index contributed by atoms with van der Waals surface area (Å²) in [5.41, 5.74) is 0.838. The van der Waals surface area contributed by atoms with Crippen molar-refractivity contribution in [2.45, 2.75) is 13.0 Å². The number of thiophene rings is 1. The third kappa shape index (κ3) is 4.96. The first kappa shape index (κ1) is 15.0. The predicted molar refractivity (Wildman–Crippen MR) is 85.4 cm³/mol.